The van der Waals surface area contributed by atoms with Crippen molar-refractivity contribution in [2.24, 2.45) is 0 Å². The van der Waals surface area contributed by atoms with E-state index in [1.807, 2.05) is 18.2 Å². The van der Waals surface area contributed by atoms with Crippen LogP contribution in [-0.2, 0) is 4.74 Å². The highest BCUT2D eigenvalue weighted by atomic mass is 35.5. The van der Waals surface area contributed by atoms with Crippen molar-refractivity contribution < 1.29 is 4.74 Å². The number of benzene rings is 1. The lowest BCUT2D eigenvalue weighted by atomic mass is 10.1. The number of ether oxygens (including phenoxy) is 1. The van der Waals surface area contributed by atoms with Gasteiger partial charge in [0.05, 0.1) is 36.3 Å². The van der Waals surface area contributed by atoms with E-state index in [1.165, 1.54) is 0 Å². The molecule has 4 rings (SSSR count). The minimum atomic E-state index is -0.598. The Labute approximate surface area is 159 Å². The van der Waals surface area contributed by atoms with Gasteiger partial charge in [-0.2, -0.15) is 4.98 Å². The molecule has 1 N–H and O–H groups in total. The summed E-state index contributed by atoms with van der Waals surface area (Å²) in [6, 6.07) is 9.05. The molecule has 3 heterocycles. The van der Waals surface area contributed by atoms with Gasteiger partial charge >= 0.3 is 5.69 Å². The number of aromatic nitrogens is 3. The Balaban J connectivity index is 1.77. The minimum absolute atomic E-state index is 0.432. The fourth-order valence-electron chi connectivity index (χ4n) is 3.02. The molecule has 1 aromatic carbocycles. The number of nitrogens with one attached hydrogen (secondary N) is 1. The number of H-pyrrole nitrogens is 1. The van der Waals surface area contributed by atoms with Crippen LogP contribution in [0.3, 0.4) is 0 Å². The van der Waals surface area contributed by atoms with Gasteiger partial charge in [0.2, 0.25) is 0 Å². The Morgan fingerprint density at radius 1 is 1.19 bits per heavy atom. The molecule has 0 aliphatic carbocycles. The molecule has 0 spiro atoms. The number of aromatic amines is 1. The van der Waals surface area contributed by atoms with Gasteiger partial charge in [0.1, 0.15) is 10.9 Å². The Morgan fingerprint density at radius 3 is 2.65 bits per heavy atom. The molecule has 1 atom stereocenters. The maximum Gasteiger partial charge on any atom is 0.345 e. The van der Waals surface area contributed by atoms with E-state index in [1.54, 1.807) is 18.3 Å². The molecule has 0 amide bonds. The minimum Gasteiger partial charge on any atom is -0.378 e. The average molecular weight is 391 g/mol. The number of pyridine rings is 1. The Kier molecular flexibility index (Phi) is 4.80. The highest BCUT2D eigenvalue weighted by Gasteiger charge is 2.19. The third kappa shape index (κ3) is 3.40. The van der Waals surface area contributed by atoms with Crippen LogP contribution in [0.4, 0.5) is 5.69 Å². The summed E-state index contributed by atoms with van der Waals surface area (Å²) >= 11 is 12.5. The fourth-order valence-corrected chi connectivity index (χ4v) is 3.44. The van der Waals surface area contributed by atoms with Crippen molar-refractivity contribution in [2.45, 2.75) is 5.38 Å². The zero-order chi connectivity index (χ0) is 18.1. The first-order chi connectivity index (χ1) is 12.6. The Morgan fingerprint density at radius 2 is 1.92 bits per heavy atom. The van der Waals surface area contributed by atoms with Crippen LogP contribution in [0.25, 0.3) is 11.0 Å². The van der Waals surface area contributed by atoms with Gasteiger partial charge in [0.25, 0.3) is 0 Å². The van der Waals surface area contributed by atoms with Crippen molar-refractivity contribution in [3.05, 3.63) is 63.3 Å². The van der Waals surface area contributed by atoms with Crippen LogP contribution in [0.15, 0.2) is 41.3 Å². The summed E-state index contributed by atoms with van der Waals surface area (Å²) in [6.07, 6.45) is 1.78. The maximum atomic E-state index is 12.1. The second-order valence-electron chi connectivity index (χ2n) is 6.03. The van der Waals surface area contributed by atoms with Gasteiger partial charge in [-0.3, -0.25) is 4.98 Å². The number of morpholine rings is 1. The molecule has 0 radical (unpaired) electrons. The van der Waals surface area contributed by atoms with Crippen LogP contribution in [-0.4, -0.2) is 41.3 Å². The summed E-state index contributed by atoms with van der Waals surface area (Å²) in [6.45, 7) is 2.93. The van der Waals surface area contributed by atoms with Crippen LogP contribution in [0, 0.1) is 0 Å². The van der Waals surface area contributed by atoms with E-state index in [0.29, 0.717) is 35.0 Å². The van der Waals surface area contributed by atoms with E-state index in [2.05, 4.69) is 19.9 Å². The van der Waals surface area contributed by atoms with E-state index in [9.17, 15) is 4.79 Å². The second kappa shape index (κ2) is 7.23. The monoisotopic (exact) mass is 390 g/mol. The number of hydrogen-bond donors (Lipinski definition) is 1. The van der Waals surface area contributed by atoms with Crippen molar-refractivity contribution >= 4 is 39.9 Å². The van der Waals surface area contributed by atoms with E-state index in [0.717, 1.165) is 24.3 Å². The lowest BCUT2D eigenvalue weighted by molar-refractivity contribution is 0.122. The SMILES string of the molecule is O=c1nc(C(Cl)c2ccc(Cl)cc2)c2ncc(N3CCOCC3)cc2[nH]1. The molecule has 0 bridgehead atoms. The second-order valence-corrected chi connectivity index (χ2v) is 6.90. The highest BCUT2D eigenvalue weighted by Crippen LogP contribution is 2.31. The number of halogens is 2. The van der Waals surface area contributed by atoms with Crippen LogP contribution in [0.2, 0.25) is 5.02 Å². The van der Waals surface area contributed by atoms with Crippen molar-refractivity contribution in [2.75, 3.05) is 31.2 Å². The third-order valence-electron chi connectivity index (χ3n) is 4.36. The normalized spacial score (nSPS) is 16.0. The van der Waals surface area contributed by atoms with Crippen molar-refractivity contribution in [1.29, 1.82) is 0 Å². The van der Waals surface area contributed by atoms with E-state index in [-0.39, 0.29) is 0 Å². The number of fused-ring (bicyclic) bond motifs is 1. The first-order valence-corrected chi connectivity index (χ1v) is 9.05. The van der Waals surface area contributed by atoms with Crippen molar-refractivity contribution in [1.82, 2.24) is 15.0 Å². The lowest BCUT2D eigenvalue weighted by Gasteiger charge is -2.28. The summed E-state index contributed by atoms with van der Waals surface area (Å²) in [4.78, 5) is 25.6. The van der Waals surface area contributed by atoms with Crippen LogP contribution in [0.1, 0.15) is 16.6 Å². The average Bonchev–Trinajstić information content (AvgIpc) is 2.67. The summed E-state index contributed by atoms with van der Waals surface area (Å²) in [5, 5.41) is 0.0217. The molecule has 1 saturated heterocycles. The maximum absolute atomic E-state index is 12.1. The Hall–Kier alpha value is -2.15. The van der Waals surface area contributed by atoms with Crippen LogP contribution < -0.4 is 10.6 Å². The fraction of sp³-hybridized carbons (Fsp3) is 0.278. The number of rotatable bonds is 3. The van der Waals surface area contributed by atoms with Gasteiger partial charge in [-0.05, 0) is 23.8 Å². The van der Waals surface area contributed by atoms with Crippen molar-refractivity contribution in [3.8, 4) is 0 Å². The van der Waals surface area contributed by atoms with E-state index in [4.69, 9.17) is 27.9 Å². The van der Waals surface area contributed by atoms with Gasteiger partial charge in [0, 0.05) is 18.1 Å². The van der Waals surface area contributed by atoms with Gasteiger partial charge in [0.15, 0.2) is 0 Å². The summed E-state index contributed by atoms with van der Waals surface area (Å²) < 4.78 is 5.38. The first kappa shape index (κ1) is 17.3. The summed E-state index contributed by atoms with van der Waals surface area (Å²) in [5.74, 6) is 0. The first-order valence-electron chi connectivity index (χ1n) is 8.24. The predicted octanol–water partition coefficient (Wildman–Crippen LogP) is 3.14. The third-order valence-corrected chi connectivity index (χ3v) is 5.07. The zero-order valence-electron chi connectivity index (χ0n) is 13.8. The largest absolute Gasteiger partial charge is 0.378 e. The predicted molar refractivity (Wildman–Crippen MR) is 102 cm³/mol. The number of hydrogen-bond acceptors (Lipinski definition) is 5. The molecule has 1 unspecified atom stereocenters. The molecule has 26 heavy (non-hydrogen) atoms. The topological polar surface area (TPSA) is 71.1 Å². The van der Waals surface area contributed by atoms with Crippen molar-refractivity contribution in [3.63, 3.8) is 0 Å². The van der Waals surface area contributed by atoms with Gasteiger partial charge in [-0.15, -0.1) is 11.6 Å². The molecule has 8 heteroatoms. The molecular weight excluding hydrogens is 375 g/mol. The highest BCUT2D eigenvalue weighted by molar-refractivity contribution is 6.30. The quantitative estimate of drug-likeness (QED) is 0.695. The number of alkyl halides is 1. The molecule has 1 aliphatic heterocycles. The van der Waals surface area contributed by atoms with Crippen LogP contribution >= 0.6 is 23.2 Å². The molecule has 2 aromatic heterocycles. The van der Waals surface area contributed by atoms with Crippen LogP contribution in [0.5, 0.6) is 0 Å². The van der Waals surface area contributed by atoms with E-state index >= 15 is 0 Å². The standard InChI is InChI=1S/C18H16Cl2N4O2/c19-12-3-1-11(2-4-12)15(20)17-16-14(22-18(25)23-17)9-13(10-21-16)24-5-7-26-8-6-24/h1-4,9-10,15H,5-8H2,(H,22,23,25). The smallest absolute Gasteiger partial charge is 0.345 e. The zero-order valence-corrected chi connectivity index (χ0v) is 15.3. The molecular formula is C18H16Cl2N4O2. The molecule has 6 nitrogen and oxygen atoms in total. The summed E-state index contributed by atoms with van der Waals surface area (Å²) in [5.41, 5.74) is 2.91. The molecule has 134 valence electrons. The van der Waals surface area contributed by atoms with Gasteiger partial charge in [-0.1, -0.05) is 23.7 Å². The molecule has 1 aliphatic rings. The molecule has 3 aromatic rings. The summed E-state index contributed by atoms with van der Waals surface area (Å²) in [7, 11) is 0. The van der Waals surface area contributed by atoms with Gasteiger partial charge < -0.3 is 14.6 Å². The van der Waals surface area contributed by atoms with Gasteiger partial charge in [-0.25, -0.2) is 4.79 Å². The lowest BCUT2D eigenvalue weighted by Crippen LogP contribution is -2.36. The van der Waals surface area contributed by atoms with E-state index < -0.39 is 11.1 Å². The Bertz CT molecular complexity index is 985. The number of anilines is 1. The molecule has 0 saturated carbocycles. The molecule has 1 fully saturated rings. The number of nitrogens with zero attached hydrogens (tertiary/aromatic N) is 3.